The van der Waals surface area contributed by atoms with Gasteiger partial charge in [0.25, 0.3) is 5.91 Å². The van der Waals surface area contributed by atoms with Gasteiger partial charge in [0.2, 0.25) is 5.91 Å². The number of carbonyl (C=O) groups is 2. The minimum absolute atomic E-state index is 0.258. The van der Waals surface area contributed by atoms with Gasteiger partial charge in [-0.1, -0.05) is 24.3 Å². The molecule has 0 saturated heterocycles. The van der Waals surface area contributed by atoms with E-state index in [4.69, 9.17) is 5.73 Å². The summed E-state index contributed by atoms with van der Waals surface area (Å²) in [6.07, 6.45) is 1.88. The Morgan fingerprint density at radius 2 is 1.95 bits per heavy atom. The molecule has 0 spiro atoms. The number of pyridine rings is 1. The second kappa shape index (κ2) is 6.85. The summed E-state index contributed by atoms with van der Waals surface area (Å²) in [7, 11) is 0. The Hall–Kier alpha value is -2.69. The van der Waals surface area contributed by atoms with Crippen LogP contribution in [0.25, 0.3) is 0 Å². The summed E-state index contributed by atoms with van der Waals surface area (Å²) in [4.78, 5) is 27.7. The number of rotatable bonds is 5. The van der Waals surface area contributed by atoms with Gasteiger partial charge in [0.1, 0.15) is 11.7 Å². The molecule has 1 heterocycles. The van der Waals surface area contributed by atoms with E-state index in [1.165, 1.54) is 11.8 Å². The van der Waals surface area contributed by atoms with Crippen LogP contribution in [0.5, 0.6) is 0 Å². The number of nitrogens with zero attached hydrogens (tertiary/aromatic N) is 1. The van der Waals surface area contributed by atoms with Gasteiger partial charge in [-0.15, -0.1) is 0 Å². The number of nitrogens with one attached hydrogen (secondary N) is 1. The quantitative estimate of drug-likeness (QED) is 0.877. The third-order valence-electron chi connectivity index (χ3n) is 3.56. The lowest BCUT2D eigenvalue weighted by Crippen LogP contribution is -2.46. The fourth-order valence-corrected chi connectivity index (χ4v) is 2.12. The summed E-state index contributed by atoms with van der Waals surface area (Å²) < 4.78 is 0. The smallest absolute Gasteiger partial charge is 0.270 e. The summed E-state index contributed by atoms with van der Waals surface area (Å²) in [5.74, 6) is -0.976. The molecule has 5 heteroatoms. The van der Waals surface area contributed by atoms with Crippen LogP contribution in [0.2, 0.25) is 0 Å². The first-order chi connectivity index (χ1) is 10.5. The first-order valence-electron chi connectivity index (χ1n) is 7.04. The zero-order valence-corrected chi connectivity index (χ0v) is 12.7. The van der Waals surface area contributed by atoms with Crippen molar-refractivity contribution in [3.63, 3.8) is 0 Å². The molecule has 2 rings (SSSR count). The first kappa shape index (κ1) is 15.7. The monoisotopic (exact) mass is 297 g/mol. The number of carbonyl (C=O) groups excluding carboxylic acids is 2. The standard InChI is InChI=1S/C17H19N3O2/c1-11-6-7-13(9-12(11)2)10-15(16(18)21)20-17(22)14-5-3-4-8-19-14/h3-9,15H,10H2,1-2H3,(H2,18,21)(H,20,22)/t15-/m1/s1. The summed E-state index contributed by atoms with van der Waals surface area (Å²) >= 11 is 0. The topological polar surface area (TPSA) is 85.1 Å². The van der Waals surface area contributed by atoms with Crippen LogP contribution >= 0.6 is 0 Å². The SMILES string of the molecule is Cc1ccc(C[C@@H](NC(=O)c2ccccn2)C(N)=O)cc1C. The van der Waals surface area contributed by atoms with Crippen molar-refractivity contribution in [3.8, 4) is 0 Å². The molecular weight excluding hydrogens is 278 g/mol. The second-order valence-corrected chi connectivity index (χ2v) is 5.27. The Kier molecular flexibility index (Phi) is 4.88. The highest BCUT2D eigenvalue weighted by atomic mass is 16.2. The maximum absolute atomic E-state index is 12.1. The second-order valence-electron chi connectivity index (χ2n) is 5.27. The van der Waals surface area contributed by atoms with E-state index < -0.39 is 17.9 Å². The number of aromatic nitrogens is 1. The van der Waals surface area contributed by atoms with Crippen molar-refractivity contribution in [3.05, 3.63) is 65.0 Å². The summed E-state index contributed by atoms with van der Waals surface area (Å²) in [5, 5.41) is 2.64. The van der Waals surface area contributed by atoms with Crippen molar-refractivity contribution in [2.24, 2.45) is 5.73 Å². The van der Waals surface area contributed by atoms with E-state index in [1.807, 2.05) is 32.0 Å². The minimum Gasteiger partial charge on any atom is -0.368 e. The van der Waals surface area contributed by atoms with E-state index in [1.54, 1.807) is 18.2 Å². The van der Waals surface area contributed by atoms with E-state index in [0.717, 1.165) is 11.1 Å². The molecule has 2 aromatic rings. The van der Waals surface area contributed by atoms with Crippen LogP contribution < -0.4 is 11.1 Å². The lowest BCUT2D eigenvalue weighted by Gasteiger charge is -2.16. The number of primary amides is 1. The Morgan fingerprint density at radius 1 is 1.18 bits per heavy atom. The molecule has 1 aromatic heterocycles. The maximum atomic E-state index is 12.1. The van der Waals surface area contributed by atoms with E-state index in [0.29, 0.717) is 6.42 Å². The molecule has 2 amide bonds. The molecule has 22 heavy (non-hydrogen) atoms. The van der Waals surface area contributed by atoms with Gasteiger partial charge >= 0.3 is 0 Å². The molecule has 5 nitrogen and oxygen atoms in total. The molecule has 0 radical (unpaired) electrons. The van der Waals surface area contributed by atoms with Crippen LogP contribution in [0.3, 0.4) is 0 Å². The van der Waals surface area contributed by atoms with Crippen molar-refractivity contribution >= 4 is 11.8 Å². The number of nitrogens with two attached hydrogens (primary N) is 1. The number of amides is 2. The molecule has 0 aliphatic carbocycles. The number of benzene rings is 1. The van der Waals surface area contributed by atoms with Crippen molar-refractivity contribution in [2.45, 2.75) is 26.3 Å². The van der Waals surface area contributed by atoms with Crippen LogP contribution in [0.1, 0.15) is 27.2 Å². The Morgan fingerprint density at radius 3 is 2.55 bits per heavy atom. The highest BCUT2D eigenvalue weighted by molar-refractivity contribution is 5.95. The average molecular weight is 297 g/mol. The third-order valence-corrected chi connectivity index (χ3v) is 3.56. The zero-order chi connectivity index (χ0) is 16.1. The molecule has 0 unspecified atom stereocenters. The fourth-order valence-electron chi connectivity index (χ4n) is 2.12. The van der Waals surface area contributed by atoms with Gasteiger partial charge in [-0.2, -0.15) is 0 Å². The number of hydrogen-bond acceptors (Lipinski definition) is 3. The summed E-state index contributed by atoms with van der Waals surface area (Å²) in [5.41, 5.74) is 8.93. The van der Waals surface area contributed by atoms with Crippen molar-refractivity contribution < 1.29 is 9.59 Å². The Bertz CT molecular complexity index is 684. The van der Waals surface area contributed by atoms with Crippen LogP contribution in [0.4, 0.5) is 0 Å². The predicted octanol–water partition coefficient (Wildman–Crippen LogP) is 1.52. The van der Waals surface area contributed by atoms with Crippen LogP contribution in [-0.4, -0.2) is 22.8 Å². The lowest BCUT2D eigenvalue weighted by molar-refractivity contribution is -0.119. The molecule has 0 saturated carbocycles. The summed E-state index contributed by atoms with van der Waals surface area (Å²) in [6, 6.07) is 10.2. The molecule has 0 aliphatic rings. The highest BCUT2D eigenvalue weighted by Crippen LogP contribution is 2.12. The van der Waals surface area contributed by atoms with E-state index in [9.17, 15) is 9.59 Å². The van der Waals surface area contributed by atoms with Crippen LogP contribution in [0.15, 0.2) is 42.6 Å². The van der Waals surface area contributed by atoms with Gasteiger partial charge in [-0.25, -0.2) is 0 Å². The van der Waals surface area contributed by atoms with Gasteiger partial charge in [0, 0.05) is 12.6 Å². The minimum atomic E-state index is -0.767. The number of aryl methyl sites for hydroxylation is 2. The molecule has 0 bridgehead atoms. The Labute approximate surface area is 129 Å². The summed E-state index contributed by atoms with van der Waals surface area (Å²) in [6.45, 7) is 4.03. The van der Waals surface area contributed by atoms with Gasteiger partial charge < -0.3 is 11.1 Å². The Balaban J connectivity index is 2.12. The van der Waals surface area contributed by atoms with Crippen molar-refractivity contribution in [2.75, 3.05) is 0 Å². The fraction of sp³-hybridized carbons (Fsp3) is 0.235. The van der Waals surface area contributed by atoms with E-state index >= 15 is 0 Å². The lowest BCUT2D eigenvalue weighted by atomic mass is 10.0. The third kappa shape index (κ3) is 3.91. The van der Waals surface area contributed by atoms with Crippen molar-refractivity contribution in [1.82, 2.24) is 10.3 Å². The van der Waals surface area contributed by atoms with E-state index in [2.05, 4.69) is 10.3 Å². The van der Waals surface area contributed by atoms with Gasteiger partial charge in [0.05, 0.1) is 0 Å². The van der Waals surface area contributed by atoms with Crippen molar-refractivity contribution in [1.29, 1.82) is 0 Å². The largest absolute Gasteiger partial charge is 0.368 e. The highest BCUT2D eigenvalue weighted by Gasteiger charge is 2.20. The molecular formula is C17H19N3O2. The van der Waals surface area contributed by atoms with Gasteiger partial charge in [0.15, 0.2) is 0 Å². The van der Waals surface area contributed by atoms with Crippen LogP contribution in [-0.2, 0) is 11.2 Å². The molecule has 0 aliphatic heterocycles. The maximum Gasteiger partial charge on any atom is 0.270 e. The number of hydrogen-bond donors (Lipinski definition) is 2. The average Bonchev–Trinajstić information content (AvgIpc) is 2.51. The van der Waals surface area contributed by atoms with Gasteiger partial charge in [-0.3, -0.25) is 14.6 Å². The molecule has 3 N–H and O–H groups in total. The molecule has 1 atom stereocenters. The molecule has 114 valence electrons. The predicted molar refractivity (Wildman–Crippen MR) is 84.3 cm³/mol. The van der Waals surface area contributed by atoms with Gasteiger partial charge in [-0.05, 0) is 42.7 Å². The molecule has 1 aromatic carbocycles. The molecule has 0 fully saturated rings. The zero-order valence-electron chi connectivity index (χ0n) is 12.7. The normalized spacial score (nSPS) is 11.7. The first-order valence-corrected chi connectivity index (χ1v) is 7.04. The van der Waals surface area contributed by atoms with Crippen LogP contribution in [0, 0.1) is 13.8 Å². The van der Waals surface area contributed by atoms with E-state index in [-0.39, 0.29) is 5.69 Å².